The van der Waals surface area contributed by atoms with E-state index in [1.165, 1.54) is 12.8 Å². The summed E-state index contributed by atoms with van der Waals surface area (Å²) in [6, 6.07) is 14.1. The molecule has 6 heteroatoms. The van der Waals surface area contributed by atoms with Gasteiger partial charge in [-0.2, -0.15) is 5.10 Å². The zero-order valence-electron chi connectivity index (χ0n) is 16.7. The van der Waals surface area contributed by atoms with Crippen LogP contribution in [-0.4, -0.2) is 27.8 Å². The maximum Gasteiger partial charge on any atom is 0.224 e. The van der Waals surface area contributed by atoms with Crippen molar-refractivity contribution in [3.8, 4) is 17.0 Å². The summed E-state index contributed by atoms with van der Waals surface area (Å²) in [6.45, 7) is 0.423. The molecule has 3 aromatic rings. The van der Waals surface area contributed by atoms with Gasteiger partial charge in [0.05, 0.1) is 37.5 Å². The first kappa shape index (κ1) is 19.2. The number of hydrogen-bond donors (Lipinski definition) is 1. The third-order valence-corrected chi connectivity index (χ3v) is 5.42. The van der Waals surface area contributed by atoms with Crippen molar-refractivity contribution in [2.45, 2.75) is 44.7 Å². The van der Waals surface area contributed by atoms with Crippen LogP contribution in [0.1, 0.15) is 43.0 Å². The summed E-state index contributed by atoms with van der Waals surface area (Å²) in [6.07, 6.45) is 8.74. The highest BCUT2D eigenvalue weighted by Crippen LogP contribution is 2.33. The Labute approximate surface area is 170 Å². The Morgan fingerprint density at radius 1 is 1.14 bits per heavy atom. The second-order valence-corrected chi connectivity index (χ2v) is 7.44. The highest BCUT2D eigenvalue weighted by Gasteiger charge is 2.22. The van der Waals surface area contributed by atoms with E-state index in [1.54, 1.807) is 19.5 Å². The molecule has 0 aliphatic heterocycles. The van der Waals surface area contributed by atoms with Crippen LogP contribution in [-0.2, 0) is 17.8 Å². The van der Waals surface area contributed by atoms with Crippen molar-refractivity contribution in [3.63, 3.8) is 0 Å². The fourth-order valence-corrected chi connectivity index (χ4v) is 3.88. The molecule has 4 rings (SSSR count). The molecule has 1 N–H and O–H groups in total. The Hall–Kier alpha value is -3.15. The molecular weight excluding hydrogens is 364 g/mol. The van der Waals surface area contributed by atoms with Crippen LogP contribution in [0.25, 0.3) is 11.3 Å². The van der Waals surface area contributed by atoms with Crippen molar-refractivity contribution >= 4 is 5.91 Å². The molecule has 150 valence electrons. The summed E-state index contributed by atoms with van der Waals surface area (Å²) in [4.78, 5) is 16.5. The number of nitrogens with zero attached hydrogens (tertiary/aromatic N) is 3. The predicted molar refractivity (Wildman–Crippen MR) is 112 cm³/mol. The molecule has 1 aliphatic rings. The van der Waals surface area contributed by atoms with Gasteiger partial charge in [0.1, 0.15) is 5.75 Å². The van der Waals surface area contributed by atoms with Gasteiger partial charge in [0.15, 0.2) is 0 Å². The number of methoxy groups -OCH3 is 1. The van der Waals surface area contributed by atoms with E-state index in [4.69, 9.17) is 9.84 Å². The van der Waals surface area contributed by atoms with Crippen molar-refractivity contribution in [2.24, 2.45) is 0 Å². The van der Waals surface area contributed by atoms with Gasteiger partial charge in [-0.15, -0.1) is 0 Å². The number of hydrogen-bond acceptors (Lipinski definition) is 4. The molecule has 6 nitrogen and oxygen atoms in total. The maximum absolute atomic E-state index is 12.4. The van der Waals surface area contributed by atoms with Crippen molar-refractivity contribution in [1.82, 2.24) is 20.1 Å². The van der Waals surface area contributed by atoms with Crippen molar-refractivity contribution < 1.29 is 9.53 Å². The molecule has 0 unspecified atom stereocenters. The van der Waals surface area contributed by atoms with E-state index in [0.717, 1.165) is 41.1 Å². The van der Waals surface area contributed by atoms with Gasteiger partial charge in [-0.1, -0.05) is 25.0 Å². The number of nitrogens with one attached hydrogen (secondary N) is 1. The van der Waals surface area contributed by atoms with E-state index in [9.17, 15) is 4.79 Å². The average molecular weight is 390 g/mol. The topological polar surface area (TPSA) is 69.0 Å². The van der Waals surface area contributed by atoms with E-state index in [2.05, 4.69) is 21.0 Å². The van der Waals surface area contributed by atoms with E-state index in [1.807, 2.05) is 36.4 Å². The van der Waals surface area contributed by atoms with E-state index < -0.39 is 0 Å². The van der Waals surface area contributed by atoms with Gasteiger partial charge in [-0.3, -0.25) is 14.5 Å². The van der Waals surface area contributed by atoms with Gasteiger partial charge in [0.25, 0.3) is 0 Å². The maximum atomic E-state index is 12.4. The molecular formula is C23H26N4O2. The summed E-state index contributed by atoms with van der Waals surface area (Å²) in [5.41, 5.74) is 4.04. The average Bonchev–Trinajstić information content (AvgIpc) is 3.43. The molecule has 2 heterocycles. The van der Waals surface area contributed by atoms with Gasteiger partial charge in [0, 0.05) is 18.0 Å². The highest BCUT2D eigenvalue weighted by atomic mass is 16.5. The Kier molecular flexibility index (Phi) is 5.89. The van der Waals surface area contributed by atoms with E-state index in [0.29, 0.717) is 19.0 Å². The SMILES string of the molecule is COc1ccc(CC(=O)NCc2cc(-c3ccncc3)n(C3CCCC3)n2)cc1. The Bertz CT molecular complexity index is 945. The fourth-order valence-electron chi connectivity index (χ4n) is 3.88. The van der Waals surface area contributed by atoms with Crippen LogP contribution < -0.4 is 10.1 Å². The van der Waals surface area contributed by atoms with Crippen LogP contribution in [0.4, 0.5) is 0 Å². The van der Waals surface area contributed by atoms with Crippen LogP contribution in [0.3, 0.4) is 0 Å². The second kappa shape index (κ2) is 8.90. The fraction of sp³-hybridized carbons (Fsp3) is 0.348. The number of carbonyl (C=O) groups is 1. The molecule has 0 bridgehead atoms. The molecule has 1 aromatic carbocycles. The van der Waals surface area contributed by atoms with Crippen LogP contribution >= 0.6 is 0 Å². The van der Waals surface area contributed by atoms with Gasteiger partial charge >= 0.3 is 0 Å². The normalized spacial score (nSPS) is 14.1. The van der Waals surface area contributed by atoms with E-state index in [-0.39, 0.29) is 5.91 Å². The molecule has 1 amide bonds. The van der Waals surface area contributed by atoms with Crippen LogP contribution in [0.2, 0.25) is 0 Å². The molecule has 0 atom stereocenters. The van der Waals surface area contributed by atoms with Crippen molar-refractivity contribution in [3.05, 3.63) is 66.1 Å². The summed E-state index contributed by atoms with van der Waals surface area (Å²) in [5.74, 6) is 0.770. The molecule has 0 radical (unpaired) electrons. The lowest BCUT2D eigenvalue weighted by Crippen LogP contribution is -2.24. The molecule has 2 aromatic heterocycles. The number of aromatic nitrogens is 3. The summed E-state index contributed by atoms with van der Waals surface area (Å²) in [7, 11) is 1.63. The van der Waals surface area contributed by atoms with Gasteiger partial charge in [-0.05, 0) is 48.7 Å². The molecule has 0 saturated heterocycles. The third-order valence-electron chi connectivity index (χ3n) is 5.42. The van der Waals surface area contributed by atoms with Gasteiger partial charge < -0.3 is 10.1 Å². The van der Waals surface area contributed by atoms with Crippen molar-refractivity contribution in [2.75, 3.05) is 7.11 Å². The minimum Gasteiger partial charge on any atom is -0.497 e. The standard InChI is InChI=1S/C23H26N4O2/c1-29-21-8-6-17(7-9-21)14-23(28)25-16-19-15-22(18-10-12-24-13-11-18)27(26-19)20-4-2-3-5-20/h6-13,15,20H,2-5,14,16H2,1H3,(H,25,28). The Morgan fingerprint density at radius 2 is 1.86 bits per heavy atom. The van der Waals surface area contributed by atoms with Crippen LogP contribution in [0.15, 0.2) is 54.9 Å². The lowest BCUT2D eigenvalue weighted by Gasteiger charge is -2.14. The quantitative estimate of drug-likeness (QED) is 0.664. The first-order valence-electron chi connectivity index (χ1n) is 10.1. The first-order valence-corrected chi connectivity index (χ1v) is 10.1. The molecule has 1 fully saturated rings. The number of benzene rings is 1. The number of carbonyl (C=O) groups excluding carboxylic acids is 1. The molecule has 29 heavy (non-hydrogen) atoms. The number of amides is 1. The molecule has 1 aliphatic carbocycles. The Morgan fingerprint density at radius 3 is 2.55 bits per heavy atom. The predicted octanol–water partition coefficient (Wildman–Crippen LogP) is 3.93. The van der Waals surface area contributed by atoms with Crippen LogP contribution in [0, 0.1) is 0 Å². The second-order valence-electron chi connectivity index (χ2n) is 7.44. The molecule has 1 saturated carbocycles. The van der Waals surface area contributed by atoms with Gasteiger partial charge in [-0.25, -0.2) is 0 Å². The first-order chi connectivity index (χ1) is 14.2. The lowest BCUT2D eigenvalue weighted by molar-refractivity contribution is -0.120. The van der Waals surface area contributed by atoms with Crippen molar-refractivity contribution in [1.29, 1.82) is 0 Å². The summed E-state index contributed by atoms with van der Waals surface area (Å²) in [5, 5.41) is 7.84. The monoisotopic (exact) mass is 390 g/mol. The highest BCUT2D eigenvalue weighted by molar-refractivity contribution is 5.78. The molecule has 0 spiro atoms. The number of rotatable bonds is 7. The minimum absolute atomic E-state index is 0.0176. The zero-order valence-corrected chi connectivity index (χ0v) is 16.7. The third kappa shape index (κ3) is 4.65. The van der Waals surface area contributed by atoms with Crippen LogP contribution in [0.5, 0.6) is 5.75 Å². The largest absolute Gasteiger partial charge is 0.497 e. The van der Waals surface area contributed by atoms with Gasteiger partial charge in [0.2, 0.25) is 5.91 Å². The summed E-state index contributed by atoms with van der Waals surface area (Å²) >= 11 is 0. The summed E-state index contributed by atoms with van der Waals surface area (Å²) < 4.78 is 7.30. The zero-order chi connectivity index (χ0) is 20.1. The smallest absolute Gasteiger partial charge is 0.224 e. The number of pyridine rings is 1. The van der Waals surface area contributed by atoms with E-state index >= 15 is 0 Å². The minimum atomic E-state index is -0.0176. The number of ether oxygens (including phenoxy) is 1. The Balaban J connectivity index is 1.44. The lowest BCUT2D eigenvalue weighted by atomic mass is 10.1.